The molecule has 0 amide bonds. The van der Waals surface area contributed by atoms with E-state index in [0.717, 1.165) is 44.8 Å². The van der Waals surface area contributed by atoms with Gasteiger partial charge in [-0.25, -0.2) is 0 Å². The molecule has 6 heterocycles. The predicted molar refractivity (Wildman–Crippen MR) is 311 cm³/mol. The zero-order chi connectivity index (χ0) is 51.7. The summed E-state index contributed by atoms with van der Waals surface area (Å²) in [6, 6.07) is 32.0. The number of hydrogen-bond acceptors (Lipinski definition) is 12. The van der Waals surface area contributed by atoms with E-state index in [9.17, 15) is 0 Å². The summed E-state index contributed by atoms with van der Waals surface area (Å²) >= 11 is 23.4. The standard InChI is InChI=1S/2C18H24N2.2C8H6N2S2.2ClH.I2.2K.2Pt/c2*1-17(2,3)13-7-9-19-15(11-13)16-12-14(8-10-20-16)18(4,5)6;2*11-7-8(12)10-6-4-2-1-3-5(6)9-7;;;1-2;;;;/h2*7-12H,1-6H3;2*1-4H,(H,9,11)(H,10,12);2*1H;;;;;/q;;;;;;;2*+1;2*+2/p-6. The summed E-state index contributed by atoms with van der Waals surface area (Å²) in [7, 11) is 9.75. The first kappa shape index (κ1) is 73.3. The average Bonchev–Trinajstić information content (AvgIpc) is 3.30. The molecule has 0 aliphatic heterocycles. The number of fused-ring (bicyclic) bond motifs is 2. The van der Waals surface area contributed by atoms with Crippen LogP contribution in [0, 0.1) is 0 Å². The maximum Gasteiger partial charge on any atom is 2.00 e. The summed E-state index contributed by atoms with van der Waals surface area (Å²) in [5, 5.41) is 1.62. The van der Waals surface area contributed by atoms with Gasteiger partial charge in [-0.1, -0.05) is 127 Å². The van der Waals surface area contributed by atoms with Gasteiger partial charge in [-0.05, 0) is 117 Å². The van der Waals surface area contributed by atoms with Crippen molar-refractivity contribution in [3.05, 3.63) is 144 Å². The molecule has 0 saturated carbocycles. The Morgan fingerprint density at radius 2 is 0.542 bits per heavy atom. The Hall–Kier alpha value is 1.29. The number of halogens is 4. The van der Waals surface area contributed by atoms with E-state index in [1.54, 1.807) is 0 Å². The summed E-state index contributed by atoms with van der Waals surface area (Å²) in [5.41, 5.74) is 12.6. The van der Waals surface area contributed by atoms with Crippen molar-refractivity contribution in [1.82, 2.24) is 39.9 Å². The molecule has 0 N–H and O–H groups in total. The number of hydrogen-bond donors (Lipinski definition) is 0. The fraction of sp³-hybridized carbons (Fsp3) is 0.308. The molecule has 0 radical (unpaired) electrons. The fourth-order valence-corrected chi connectivity index (χ4v) is 6.66. The summed E-state index contributed by atoms with van der Waals surface area (Å²) < 4.78 is 0. The molecule has 0 bridgehead atoms. The van der Waals surface area contributed by atoms with Crippen LogP contribution >= 0.6 is 56.1 Å². The molecule has 0 aliphatic carbocycles. The summed E-state index contributed by atoms with van der Waals surface area (Å²) in [6.45, 7) is 26.6. The molecule has 0 spiro atoms. The zero-order valence-electron chi connectivity index (χ0n) is 42.9. The van der Waals surface area contributed by atoms with Gasteiger partial charge in [0.25, 0.3) is 0 Å². The van der Waals surface area contributed by atoms with Crippen LogP contribution in [-0.2, 0) is 110 Å². The molecular weight excluding hydrogens is 1660 g/mol. The van der Waals surface area contributed by atoms with Crippen molar-refractivity contribution in [2.45, 2.75) is 125 Å². The maximum absolute atomic E-state index is 4.90. The third-order valence-corrected chi connectivity index (χ3v) is 11.4. The summed E-state index contributed by atoms with van der Waals surface area (Å²) in [6.07, 6.45) is 7.51. The van der Waals surface area contributed by atoms with E-state index in [1.807, 2.05) is 73.3 Å². The molecule has 0 atom stereocenters. The van der Waals surface area contributed by atoms with E-state index in [1.165, 1.54) is 22.3 Å². The second kappa shape index (κ2) is 35.1. The van der Waals surface area contributed by atoms with Gasteiger partial charge in [-0.15, -0.1) is 0 Å². The molecule has 0 unspecified atom stereocenters. The Balaban J connectivity index is 0.000000912. The monoisotopic (exact) mass is 1710 g/mol. The summed E-state index contributed by atoms with van der Waals surface area (Å²) in [5.74, 6) is 0. The van der Waals surface area contributed by atoms with Crippen molar-refractivity contribution in [2.75, 3.05) is 0 Å². The quantitative estimate of drug-likeness (QED) is 0.0937. The summed E-state index contributed by atoms with van der Waals surface area (Å²) in [4.78, 5) is 34.4. The minimum Gasteiger partial charge on any atom is -0.760 e. The van der Waals surface area contributed by atoms with Crippen molar-refractivity contribution in [3.63, 3.8) is 0 Å². The van der Waals surface area contributed by atoms with E-state index in [4.69, 9.17) is 69.4 Å². The normalized spacial score (nSPS) is 10.8. The Labute approximate surface area is 589 Å². The van der Waals surface area contributed by atoms with Crippen LogP contribution in [0.1, 0.15) is 105 Å². The van der Waals surface area contributed by atoms with Gasteiger partial charge in [-0.2, -0.15) is 0 Å². The molecule has 378 valence electrons. The molecule has 8 rings (SSSR count). The van der Waals surface area contributed by atoms with Crippen LogP contribution < -0.4 is 103 Å². The third-order valence-electron chi connectivity index (χ3n) is 10.0. The number of benzene rings is 2. The van der Waals surface area contributed by atoms with E-state index in [2.05, 4.69) is 209 Å². The van der Waals surface area contributed by atoms with Gasteiger partial charge in [0.2, 0.25) is 0 Å². The number of aromatic nitrogens is 8. The minimum absolute atomic E-state index is 0. The maximum atomic E-state index is 4.90. The van der Waals surface area contributed by atoms with E-state index in [-0.39, 0.29) is 145 Å². The second-order valence-electron chi connectivity index (χ2n) is 19.4. The zero-order valence-corrected chi connectivity index (χ0v) is 62.8. The van der Waals surface area contributed by atoms with Gasteiger partial charge >= 0.3 is 159 Å². The predicted octanol–water partition coefficient (Wildman–Crippen LogP) is 9.51. The molecule has 8 aromatic rings. The Kier molecular flexibility index (Phi) is 35.7. The number of pyridine rings is 4. The molecular formula is C52H56Cl2I2K2N8Pt2S4. The van der Waals surface area contributed by atoms with Crippen molar-refractivity contribution >= 4 is 129 Å². The Morgan fingerprint density at radius 3 is 0.694 bits per heavy atom. The number of para-hydroxylation sites is 4. The number of rotatable bonds is 2. The molecule has 72 heavy (non-hydrogen) atoms. The van der Waals surface area contributed by atoms with Gasteiger partial charge in [0.05, 0.1) is 44.8 Å². The first-order valence-corrected chi connectivity index (χ1v) is 34.9. The molecule has 20 heteroatoms. The minimum atomic E-state index is -0.472. The Bertz CT molecular complexity index is 2520. The Morgan fingerprint density at radius 1 is 0.375 bits per heavy atom. The van der Waals surface area contributed by atoms with Crippen molar-refractivity contribution in [1.29, 1.82) is 0 Å². The number of nitrogens with zero attached hydrogens (tertiary/aromatic N) is 8. The molecule has 0 aliphatic rings. The first-order chi connectivity index (χ1) is 32.3. The van der Waals surface area contributed by atoms with Gasteiger partial charge in [0, 0.05) is 62.0 Å². The van der Waals surface area contributed by atoms with Crippen LogP contribution in [0.3, 0.4) is 0 Å². The van der Waals surface area contributed by atoms with Crippen LogP contribution in [0.5, 0.6) is 0 Å². The molecule has 6 aromatic heterocycles. The van der Waals surface area contributed by atoms with Gasteiger partial charge in [-0.3, -0.25) is 39.9 Å². The van der Waals surface area contributed by atoms with Crippen LogP contribution in [0.15, 0.2) is 142 Å². The third kappa shape index (κ3) is 24.8. The molecule has 0 fully saturated rings. The second-order valence-corrected chi connectivity index (χ2v) is 24.2. The molecule has 8 nitrogen and oxygen atoms in total. The van der Waals surface area contributed by atoms with Crippen LogP contribution in [0.2, 0.25) is 0 Å². The smallest absolute Gasteiger partial charge is 0.760 e. The molecule has 0 saturated heterocycles. The van der Waals surface area contributed by atoms with E-state index < -0.39 is 16.5 Å². The van der Waals surface area contributed by atoms with Crippen LogP contribution in [0.4, 0.5) is 0 Å². The topological polar surface area (TPSA) is 103 Å². The van der Waals surface area contributed by atoms with Crippen molar-refractivity contribution in [2.24, 2.45) is 0 Å². The van der Waals surface area contributed by atoms with E-state index in [0.29, 0.717) is 20.1 Å². The average molecular weight is 1710 g/mol. The van der Waals surface area contributed by atoms with Gasteiger partial charge < -0.3 is 50.5 Å². The first-order valence-electron chi connectivity index (χ1n) is 21.4. The van der Waals surface area contributed by atoms with Crippen molar-refractivity contribution < 1.29 is 140 Å². The van der Waals surface area contributed by atoms with Crippen LogP contribution in [0.25, 0.3) is 44.8 Å². The van der Waals surface area contributed by atoms with Gasteiger partial charge in [0.1, 0.15) is 0 Å². The van der Waals surface area contributed by atoms with Gasteiger partial charge in [0.15, 0.2) is 0 Å². The fourth-order valence-electron chi connectivity index (χ4n) is 6.08. The van der Waals surface area contributed by atoms with E-state index >= 15 is 0 Å². The molecule has 2 aromatic carbocycles. The van der Waals surface area contributed by atoms with Crippen LogP contribution in [-0.4, -0.2) is 39.9 Å². The van der Waals surface area contributed by atoms with Crippen molar-refractivity contribution in [3.8, 4) is 22.8 Å². The largest absolute Gasteiger partial charge is 2.00 e. The SMILES string of the molecule is CC(C)(C)c1ccnc(-c2cc(C(C)(C)C)ccn2)c1.CC(C)(C)c1ccnc(-c2cc(C(C)(C)C)ccn2)c1.II.[Cl][Pt][Cl].[K+].[K+].[Pt+2].[S-]c1nc2ccccc2nc1[S-].[S-]c1nc2ccccc2nc1[S-].